The molecule has 2 aromatic carbocycles. The molecule has 3 aromatic rings. The molecular formula is C22H24ClN2O+. The van der Waals surface area contributed by atoms with Gasteiger partial charge in [-0.15, -0.1) is 0 Å². The zero-order valence-electron chi connectivity index (χ0n) is 15.1. The van der Waals surface area contributed by atoms with Gasteiger partial charge in [0, 0.05) is 24.1 Å². The molecule has 26 heavy (non-hydrogen) atoms. The second-order valence-electron chi connectivity index (χ2n) is 7.98. The minimum atomic E-state index is -0.470. The van der Waals surface area contributed by atoms with Crippen LogP contribution in [-0.2, 0) is 13.0 Å². The predicted molar refractivity (Wildman–Crippen MR) is 106 cm³/mol. The van der Waals surface area contributed by atoms with Crippen LogP contribution in [0, 0.1) is 5.41 Å². The SMILES string of the molecule is CC1(C)Cc2[nH+]c3ccccc3c(NCc3ccc(Cl)cc3)c2C(O)C1. The first kappa shape index (κ1) is 17.3. The smallest absolute Gasteiger partial charge is 0.213 e. The number of nitrogens with one attached hydrogen (secondary N) is 2. The number of aromatic amines is 1. The number of hydrogen-bond acceptors (Lipinski definition) is 2. The number of rotatable bonds is 3. The van der Waals surface area contributed by atoms with Crippen molar-refractivity contribution in [1.29, 1.82) is 0 Å². The Bertz CT molecular complexity index is 950. The summed E-state index contributed by atoms with van der Waals surface area (Å²) in [7, 11) is 0. The van der Waals surface area contributed by atoms with E-state index in [0.29, 0.717) is 6.54 Å². The Morgan fingerprint density at radius 2 is 1.88 bits per heavy atom. The molecule has 0 saturated carbocycles. The van der Waals surface area contributed by atoms with Gasteiger partial charge in [0.2, 0.25) is 5.52 Å². The molecule has 1 aromatic heterocycles. The number of hydrogen-bond donors (Lipinski definition) is 2. The van der Waals surface area contributed by atoms with Crippen molar-refractivity contribution in [2.24, 2.45) is 5.41 Å². The molecule has 0 aliphatic heterocycles. The molecule has 3 N–H and O–H groups in total. The van der Waals surface area contributed by atoms with Gasteiger partial charge in [-0.25, -0.2) is 4.98 Å². The second-order valence-corrected chi connectivity index (χ2v) is 8.42. The van der Waals surface area contributed by atoms with E-state index in [9.17, 15) is 5.11 Å². The Morgan fingerprint density at radius 3 is 2.65 bits per heavy atom. The fraction of sp³-hybridized carbons (Fsp3) is 0.318. The number of fused-ring (bicyclic) bond motifs is 2. The van der Waals surface area contributed by atoms with Crippen LogP contribution in [0.4, 0.5) is 5.69 Å². The summed E-state index contributed by atoms with van der Waals surface area (Å²) in [6, 6.07) is 16.1. The standard InChI is InChI=1S/C22H23ClN2O/c1-22(2)11-18-20(19(26)12-22)21(16-5-3-4-6-17(16)25-18)24-13-14-7-9-15(23)10-8-14/h3-10,19,26H,11-13H2,1-2H3,(H,24,25)/p+1. The molecular weight excluding hydrogens is 344 g/mol. The first-order valence-electron chi connectivity index (χ1n) is 9.06. The fourth-order valence-corrected chi connectivity index (χ4v) is 4.13. The molecule has 0 fully saturated rings. The molecule has 0 bridgehead atoms. The van der Waals surface area contributed by atoms with Crippen molar-refractivity contribution in [3.8, 4) is 0 Å². The predicted octanol–water partition coefficient (Wildman–Crippen LogP) is 4.93. The zero-order chi connectivity index (χ0) is 18.3. The maximum atomic E-state index is 10.9. The molecule has 4 rings (SSSR count). The Morgan fingerprint density at radius 1 is 1.15 bits per heavy atom. The molecule has 0 spiro atoms. The number of anilines is 1. The molecule has 1 heterocycles. The Hall–Kier alpha value is -2.10. The number of pyridine rings is 1. The van der Waals surface area contributed by atoms with Gasteiger partial charge >= 0.3 is 0 Å². The van der Waals surface area contributed by atoms with Gasteiger partial charge in [0.1, 0.15) is 0 Å². The third-order valence-electron chi connectivity index (χ3n) is 5.19. The molecule has 1 aliphatic carbocycles. The first-order chi connectivity index (χ1) is 12.4. The minimum Gasteiger partial charge on any atom is -0.388 e. The van der Waals surface area contributed by atoms with Crippen LogP contribution in [0.25, 0.3) is 10.9 Å². The summed E-state index contributed by atoms with van der Waals surface area (Å²) in [4.78, 5) is 3.56. The van der Waals surface area contributed by atoms with E-state index in [0.717, 1.165) is 51.3 Å². The summed E-state index contributed by atoms with van der Waals surface area (Å²) in [5.74, 6) is 0. The highest BCUT2D eigenvalue weighted by Gasteiger charge is 2.37. The Balaban J connectivity index is 1.79. The highest BCUT2D eigenvalue weighted by atomic mass is 35.5. The first-order valence-corrected chi connectivity index (χ1v) is 9.44. The molecule has 0 amide bonds. The average Bonchev–Trinajstić information content (AvgIpc) is 2.59. The lowest BCUT2D eigenvalue weighted by Gasteiger charge is -2.33. The van der Waals surface area contributed by atoms with Crippen LogP contribution >= 0.6 is 11.6 Å². The topological polar surface area (TPSA) is 46.4 Å². The van der Waals surface area contributed by atoms with Crippen molar-refractivity contribution < 1.29 is 10.1 Å². The van der Waals surface area contributed by atoms with Gasteiger partial charge in [0.05, 0.1) is 22.7 Å². The molecule has 4 heteroatoms. The van der Waals surface area contributed by atoms with E-state index in [2.05, 4.69) is 36.3 Å². The maximum Gasteiger partial charge on any atom is 0.213 e. The molecule has 1 atom stereocenters. The van der Waals surface area contributed by atoms with Crippen LogP contribution in [0.1, 0.15) is 43.2 Å². The maximum absolute atomic E-state index is 10.9. The normalized spacial score (nSPS) is 18.5. The summed E-state index contributed by atoms with van der Waals surface area (Å²) >= 11 is 5.99. The highest BCUT2D eigenvalue weighted by Crippen LogP contribution is 2.44. The van der Waals surface area contributed by atoms with E-state index in [1.165, 1.54) is 0 Å². The number of aromatic nitrogens is 1. The molecule has 3 nitrogen and oxygen atoms in total. The number of para-hydroxylation sites is 1. The van der Waals surface area contributed by atoms with E-state index in [-0.39, 0.29) is 5.41 Å². The number of halogens is 1. The van der Waals surface area contributed by atoms with Crippen molar-refractivity contribution in [2.45, 2.75) is 39.3 Å². The molecule has 1 unspecified atom stereocenters. The van der Waals surface area contributed by atoms with Crippen LogP contribution in [0.15, 0.2) is 48.5 Å². The van der Waals surface area contributed by atoms with Crippen molar-refractivity contribution >= 4 is 28.2 Å². The third-order valence-corrected chi connectivity index (χ3v) is 5.45. The van der Waals surface area contributed by atoms with Crippen LogP contribution in [0.3, 0.4) is 0 Å². The van der Waals surface area contributed by atoms with Crippen molar-refractivity contribution in [1.82, 2.24) is 0 Å². The molecule has 0 saturated heterocycles. The van der Waals surface area contributed by atoms with Gasteiger partial charge in [-0.05, 0) is 35.6 Å². The van der Waals surface area contributed by atoms with Crippen LogP contribution < -0.4 is 10.3 Å². The summed E-state index contributed by atoms with van der Waals surface area (Å²) in [5, 5.41) is 16.3. The Labute approximate surface area is 159 Å². The van der Waals surface area contributed by atoms with Crippen molar-refractivity contribution in [3.63, 3.8) is 0 Å². The molecule has 0 radical (unpaired) electrons. The monoisotopic (exact) mass is 367 g/mol. The minimum absolute atomic E-state index is 0.0822. The molecule has 1 aliphatic rings. The van der Waals surface area contributed by atoms with E-state index in [1.54, 1.807) is 0 Å². The number of aliphatic hydroxyl groups excluding tert-OH is 1. The van der Waals surface area contributed by atoms with Gasteiger partial charge in [-0.2, -0.15) is 0 Å². The summed E-state index contributed by atoms with van der Waals surface area (Å²) < 4.78 is 0. The summed E-state index contributed by atoms with van der Waals surface area (Å²) in [5.41, 5.74) is 5.51. The largest absolute Gasteiger partial charge is 0.388 e. The third kappa shape index (κ3) is 3.29. The van der Waals surface area contributed by atoms with Gasteiger partial charge in [-0.1, -0.05) is 49.7 Å². The summed E-state index contributed by atoms with van der Waals surface area (Å²) in [6.45, 7) is 5.11. The molecule has 134 valence electrons. The quantitative estimate of drug-likeness (QED) is 0.689. The average molecular weight is 368 g/mol. The fourth-order valence-electron chi connectivity index (χ4n) is 4.00. The lowest BCUT2D eigenvalue weighted by atomic mass is 9.74. The number of aliphatic hydroxyl groups is 1. The Kier molecular flexibility index (Phi) is 4.37. The van der Waals surface area contributed by atoms with Crippen LogP contribution in [0.2, 0.25) is 5.02 Å². The van der Waals surface area contributed by atoms with Gasteiger partial charge < -0.3 is 10.4 Å². The van der Waals surface area contributed by atoms with E-state index < -0.39 is 6.10 Å². The van der Waals surface area contributed by atoms with Crippen molar-refractivity contribution in [2.75, 3.05) is 5.32 Å². The lowest BCUT2D eigenvalue weighted by molar-refractivity contribution is -0.362. The van der Waals surface area contributed by atoms with Crippen LogP contribution in [-0.4, -0.2) is 5.11 Å². The lowest BCUT2D eigenvalue weighted by Crippen LogP contribution is -2.32. The van der Waals surface area contributed by atoms with Crippen LogP contribution in [0.5, 0.6) is 0 Å². The zero-order valence-corrected chi connectivity index (χ0v) is 15.9. The van der Waals surface area contributed by atoms with Gasteiger partial charge in [0.15, 0.2) is 5.69 Å². The second kappa shape index (κ2) is 6.57. The van der Waals surface area contributed by atoms with Gasteiger partial charge in [0.25, 0.3) is 0 Å². The van der Waals surface area contributed by atoms with Crippen molar-refractivity contribution in [3.05, 3.63) is 70.4 Å². The van der Waals surface area contributed by atoms with E-state index >= 15 is 0 Å². The van der Waals surface area contributed by atoms with E-state index in [4.69, 9.17) is 11.6 Å². The summed E-state index contributed by atoms with van der Waals surface area (Å²) in [6.07, 6.45) is 1.23. The number of H-pyrrole nitrogens is 1. The highest BCUT2D eigenvalue weighted by molar-refractivity contribution is 6.30. The number of benzene rings is 2. The van der Waals surface area contributed by atoms with E-state index in [1.807, 2.05) is 36.4 Å². The van der Waals surface area contributed by atoms with Gasteiger partial charge in [-0.3, -0.25) is 0 Å².